The molecule has 0 aliphatic rings. The lowest BCUT2D eigenvalue weighted by molar-refractivity contribution is -0.124. The molecular weight excluding hydrogens is 360 g/mol. The average Bonchev–Trinajstić information content (AvgIpc) is 3.26. The summed E-state index contributed by atoms with van der Waals surface area (Å²) in [6.07, 6.45) is 0. The van der Waals surface area contributed by atoms with Gasteiger partial charge in [-0.05, 0) is 43.8 Å². The first-order valence-electron chi connectivity index (χ1n) is 8.81. The highest BCUT2D eigenvalue weighted by Crippen LogP contribution is 2.24. The summed E-state index contributed by atoms with van der Waals surface area (Å²) >= 11 is 1.58. The molecule has 3 aromatic heterocycles. The number of amides is 1. The molecule has 0 saturated carbocycles. The number of nitrogens with zero attached hydrogens (tertiary/aromatic N) is 3. The van der Waals surface area contributed by atoms with E-state index in [4.69, 9.17) is 0 Å². The second-order valence-corrected chi connectivity index (χ2v) is 7.60. The van der Waals surface area contributed by atoms with Crippen molar-refractivity contribution < 1.29 is 4.79 Å². The Balaban J connectivity index is 1.68. The van der Waals surface area contributed by atoms with Crippen molar-refractivity contribution in [2.75, 3.05) is 0 Å². The lowest BCUT2D eigenvalue weighted by Crippen LogP contribution is -2.39. The van der Waals surface area contributed by atoms with Gasteiger partial charge in [-0.3, -0.25) is 14.0 Å². The highest BCUT2D eigenvalue weighted by atomic mass is 32.1. The molecule has 0 saturated heterocycles. The maximum atomic E-state index is 13.0. The molecule has 2 atom stereocenters. The minimum absolute atomic E-state index is 0.152. The van der Waals surface area contributed by atoms with Crippen LogP contribution in [0.15, 0.2) is 52.6 Å². The number of nitrogens with one attached hydrogen (secondary N) is 1. The molecule has 0 unspecified atom stereocenters. The zero-order chi connectivity index (χ0) is 19.1. The van der Waals surface area contributed by atoms with Gasteiger partial charge in [0.05, 0.1) is 16.3 Å². The summed E-state index contributed by atoms with van der Waals surface area (Å²) in [6.45, 7) is 5.46. The second kappa shape index (κ2) is 6.66. The van der Waals surface area contributed by atoms with Crippen molar-refractivity contribution in [2.24, 2.45) is 0 Å². The van der Waals surface area contributed by atoms with Gasteiger partial charge in [0.15, 0.2) is 0 Å². The van der Waals surface area contributed by atoms with Crippen LogP contribution in [0.25, 0.3) is 15.7 Å². The molecule has 6 nitrogen and oxygen atoms in total. The van der Waals surface area contributed by atoms with Crippen molar-refractivity contribution in [3.8, 4) is 0 Å². The number of hydrogen-bond donors (Lipinski definition) is 1. The lowest BCUT2D eigenvalue weighted by atomic mass is 10.1. The highest BCUT2D eigenvalue weighted by Gasteiger charge is 2.22. The molecular formula is C20H20N4O2S. The molecule has 0 aliphatic carbocycles. The summed E-state index contributed by atoms with van der Waals surface area (Å²) in [7, 11) is 0. The topological polar surface area (TPSA) is 68.4 Å². The maximum absolute atomic E-state index is 13.0. The molecule has 138 valence electrons. The first-order chi connectivity index (χ1) is 13.0. The fraction of sp³-hybridized carbons (Fsp3) is 0.250. The minimum atomic E-state index is -0.708. The summed E-state index contributed by atoms with van der Waals surface area (Å²) in [5, 5.41) is 9.37. The predicted octanol–water partition coefficient (Wildman–Crippen LogP) is 3.46. The van der Waals surface area contributed by atoms with E-state index in [1.165, 1.54) is 4.68 Å². The molecule has 0 fully saturated rings. The van der Waals surface area contributed by atoms with Gasteiger partial charge in [-0.25, -0.2) is 4.68 Å². The van der Waals surface area contributed by atoms with Gasteiger partial charge in [0.1, 0.15) is 17.4 Å². The molecule has 27 heavy (non-hydrogen) atoms. The smallest absolute Gasteiger partial charge is 0.291 e. The summed E-state index contributed by atoms with van der Waals surface area (Å²) < 4.78 is 4.16. The standard InChI is InChI=1S/C20H20N4O2S/c1-12(15-7-5-4-6-8-15)21-19(25)13(2)24-20(26)17-11-18-16(9-10-27-18)23(17)14(3)22-24/h4-13H,1-3H3,(H,21,25)/t12-,13-/m1/s1. The van der Waals surface area contributed by atoms with Crippen LogP contribution >= 0.6 is 11.3 Å². The normalized spacial score (nSPS) is 13.7. The van der Waals surface area contributed by atoms with Crippen molar-refractivity contribution in [1.82, 2.24) is 19.5 Å². The van der Waals surface area contributed by atoms with E-state index in [1.54, 1.807) is 18.3 Å². The summed E-state index contributed by atoms with van der Waals surface area (Å²) in [5.41, 5.74) is 2.26. The van der Waals surface area contributed by atoms with Gasteiger partial charge in [0.25, 0.3) is 5.56 Å². The number of aryl methyl sites for hydroxylation is 1. The van der Waals surface area contributed by atoms with Gasteiger partial charge in [0, 0.05) is 0 Å². The lowest BCUT2D eigenvalue weighted by Gasteiger charge is -2.19. The van der Waals surface area contributed by atoms with Crippen LogP contribution in [0.5, 0.6) is 0 Å². The molecule has 1 N–H and O–H groups in total. The Hall–Kier alpha value is -2.93. The fourth-order valence-electron chi connectivity index (χ4n) is 3.33. The molecule has 0 aliphatic heterocycles. The third-order valence-electron chi connectivity index (χ3n) is 4.83. The monoisotopic (exact) mass is 380 g/mol. The molecule has 0 radical (unpaired) electrons. The largest absolute Gasteiger partial charge is 0.348 e. The van der Waals surface area contributed by atoms with Gasteiger partial charge in [-0.2, -0.15) is 5.10 Å². The Morgan fingerprint density at radius 3 is 2.63 bits per heavy atom. The number of carbonyl (C=O) groups is 1. The number of thiophene rings is 1. The Labute approximate surface area is 160 Å². The summed E-state index contributed by atoms with van der Waals surface area (Å²) in [5.74, 6) is 0.437. The molecule has 3 heterocycles. The molecule has 1 aromatic carbocycles. The summed E-state index contributed by atoms with van der Waals surface area (Å²) in [4.78, 5) is 25.7. The van der Waals surface area contributed by atoms with Crippen LogP contribution < -0.4 is 10.9 Å². The van der Waals surface area contributed by atoms with E-state index in [2.05, 4.69) is 10.4 Å². The Morgan fingerprint density at radius 1 is 1.15 bits per heavy atom. The van der Waals surface area contributed by atoms with Crippen molar-refractivity contribution >= 4 is 33.0 Å². The average molecular weight is 380 g/mol. The Bertz CT molecular complexity index is 1190. The number of hydrogen-bond acceptors (Lipinski definition) is 4. The molecule has 7 heteroatoms. The van der Waals surface area contributed by atoms with Gasteiger partial charge >= 0.3 is 0 Å². The SMILES string of the molecule is Cc1nn([C@H](C)C(=O)N[C@H](C)c2ccccc2)c(=O)c2cc3sccc3n12. The van der Waals surface area contributed by atoms with Crippen molar-refractivity contribution in [2.45, 2.75) is 32.9 Å². The van der Waals surface area contributed by atoms with E-state index in [0.717, 1.165) is 15.8 Å². The fourth-order valence-corrected chi connectivity index (χ4v) is 4.13. The predicted molar refractivity (Wildman–Crippen MR) is 107 cm³/mol. The zero-order valence-corrected chi connectivity index (χ0v) is 16.2. The van der Waals surface area contributed by atoms with E-state index in [9.17, 15) is 9.59 Å². The van der Waals surface area contributed by atoms with Gasteiger partial charge < -0.3 is 5.32 Å². The van der Waals surface area contributed by atoms with Crippen LogP contribution in [0.3, 0.4) is 0 Å². The van der Waals surface area contributed by atoms with Gasteiger partial charge in [-0.1, -0.05) is 30.3 Å². The third kappa shape index (κ3) is 2.94. The van der Waals surface area contributed by atoms with E-state index >= 15 is 0 Å². The van der Waals surface area contributed by atoms with E-state index in [0.29, 0.717) is 11.3 Å². The van der Waals surface area contributed by atoms with Crippen LogP contribution in [-0.4, -0.2) is 20.1 Å². The van der Waals surface area contributed by atoms with E-state index in [1.807, 2.05) is 66.1 Å². The van der Waals surface area contributed by atoms with Crippen molar-refractivity contribution in [1.29, 1.82) is 0 Å². The van der Waals surface area contributed by atoms with Crippen LogP contribution in [0.4, 0.5) is 0 Å². The number of rotatable bonds is 4. The van der Waals surface area contributed by atoms with Crippen molar-refractivity contribution in [3.63, 3.8) is 0 Å². The summed E-state index contributed by atoms with van der Waals surface area (Å²) in [6, 6.07) is 12.7. The zero-order valence-electron chi connectivity index (χ0n) is 15.3. The van der Waals surface area contributed by atoms with Crippen LogP contribution in [0.2, 0.25) is 0 Å². The Kier molecular flexibility index (Phi) is 4.31. The van der Waals surface area contributed by atoms with Crippen LogP contribution in [-0.2, 0) is 4.79 Å². The second-order valence-electron chi connectivity index (χ2n) is 6.65. The van der Waals surface area contributed by atoms with Crippen molar-refractivity contribution in [3.05, 3.63) is 69.6 Å². The number of benzene rings is 1. The highest BCUT2D eigenvalue weighted by molar-refractivity contribution is 7.17. The molecule has 4 rings (SSSR count). The number of carbonyl (C=O) groups excluding carboxylic acids is 1. The molecule has 1 amide bonds. The molecule has 4 aromatic rings. The van der Waals surface area contributed by atoms with Gasteiger partial charge in [-0.15, -0.1) is 11.3 Å². The molecule has 0 spiro atoms. The number of fused-ring (bicyclic) bond motifs is 3. The molecule has 0 bridgehead atoms. The first-order valence-corrected chi connectivity index (χ1v) is 9.68. The van der Waals surface area contributed by atoms with Crippen LogP contribution in [0, 0.1) is 6.92 Å². The van der Waals surface area contributed by atoms with Crippen LogP contribution in [0.1, 0.15) is 37.3 Å². The quantitative estimate of drug-likeness (QED) is 0.590. The van der Waals surface area contributed by atoms with E-state index < -0.39 is 6.04 Å². The number of aromatic nitrogens is 3. The van der Waals surface area contributed by atoms with Gasteiger partial charge in [0.2, 0.25) is 5.91 Å². The first kappa shape index (κ1) is 17.5. The third-order valence-corrected chi connectivity index (χ3v) is 5.68. The Morgan fingerprint density at radius 2 is 1.89 bits per heavy atom. The van der Waals surface area contributed by atoms with E-state index in [-0.39, 0.29) is 17.5 Å². The maximum Gasteiger partial charge on any atom is 0.291 e. The minimum Gasteiger partial charge on any atom is -0.348 e.